The van der Waals surface area contributed by atoms with Crippen molar-refractivity contribution in [2.75, 3.05) is 6.61 Å². The summed E-state index contributed by atoms with van der Waals surface area (Å²) in [5, 5.41) is 32.0. The Morgan fingerprint density at radius 3 is 2.32 bits per heavy atom. The molecule has 3 saturated carbocycles. The fraction of sp³-hybridized carbons (Fsp3) is 0.727. The summed E-state index contributed by atoms with van der Waals surface area (Å²) in [5.41, 5.74) is -5.17. The number of allylic oxidation sites excluding steroid dienone is 4. The summed E-state index contributed by atoms with van der Waals surface area (Å²) < 4.78 is 25.7. The van der Waals surface area contributed by atoms with E-state index >= 15 is 4.39 Å². The molecule has 4 aliphatic carbocycles. The second-order valence-corrected chi connectivity index (χ2v) is 11.3. The Balaban J connectivity index is 0.000000619. The number of carbonyl (C=O) groups is 2. The Morgan fingerprint density at radius 2 is 1.79 bits per heavy atom. The van der Waals surface area contributed by atoms with E-state index in [4.69, 9.17) is 19.2 Å². The van der Waals surface area contributed by atoms with Crippen molar-refractivity contribution in [3.63, 3.8) is 0 Å². The first kappa shape index (κ1) is 30.0. The van der Waals surface area contributed by atoms with E-state index in [1.165, 1.54) is 12.2 Å². The van der Waals surface area contributed by atoms with E-state index in [0.29, 0.717) is 24.8 Å². The quantitative estimate of drug-likeness (QED) is 0.224. The van der Waals surface area contributed by atoms with Crippen molar-refractivity contribution in [3.8, 4) is 0 Å². The molecule has 0 amide bonds. The van der Waals surface area contributed by atoms with Crippen LogP contribution in [0, 0.1) is 28.6 Å². The number of fused-ring (bicyclic) bond motifs is 5. The number of Topliss-reactive ketones (excluding diaryl/α,β-unsaturated/α-hetero) is 1. The number of ketones is 2. The van der Waals surface area contributed by atoms with E-state index in [0.717, 1.165) is 0 Å². The number of halogens is 1. The molecule has 0 unspecified atom stereocenters. The number of hydrogen-bond acceptors (Lipinski definition) is 6. The van der Waals surface area contributed by atoms with Gasteiger partial charge in [-0.2, -0.15) is 0 Å². The Bertz CT molecular complexity index is 958. The third-order valence-corrected chi connectivity index (χ3v) is 8.79. The van der Waals surface area contributed by atoms with E-state index in [1.54, 1.807) is 26.8 Å². The Kier molecular flexibility index (Phi) is 8.43. The predicted octanol–water partition coefficient (Wildman–Crippen LogP) is 0.319. The standard InChI is InChI=1S/C22H29FO5.Na.H3O4P.H/c1-12-8-16-15-5-4-13-9-14(25)6-7-19(13,2)21(15,23)17(26)10-20(16,3)22(12,28)18(27)11-24;;1-5(2,3)4;/h6-7,9,12,15-17,24,26,28H,4-5,8,10-11H2,1-3H3;;(H3,1,2,3,4);/t12-,15+,16+,17+,19+,20+,21+,22+;;;/m1.../s1. The van der Waals surface area contributed by atoms with Crippen LogP contribution in [-0.2, 0) is 14.2 Å². The Morgan fingerprint density at radius 1 is 1.24 bits per heavy atom. The van der Waals surface area contributed by atoms with Gasteiger partial charge in [-0.05, 0) is 56.6 Å². The Hall–Kier alpha value is -0.260. The molecule has 188 valence electrons. The third kappa shape index (κ3) is 4.28. The third-order valence-electron chi connectivity index (χ3n) is 8.79. The molecule has 4 aliphatic rings. The van der Waals surface area contributed by atoms with Crippen LogP contribution >= 0.6 is 7.82 Å². The number of rotatable bonds is 2. The molecule has 12 heteroatoms. The molecule has 0 aromatic rings. The van der Waals surface area contributed by atoms with E-state index in [-0.39, 0.29) is 47.7 Å². The molecular formula is C22H33FNaO9P. The van der Waals surface area contributed by atoms with Crippen molar-refractivity contribution >= 4 is 48.9 Å². The van der Waals surface area contributed by atoms with E-state index < -0.39 is 60.3 Å². The van der Waals surface area contributed by atoms with Crippen LogP contribution in [0.25, 0.3) is 0 Å². The molecular weight excluding hydrogens is 481 g/mol. The molecule has 0 aromatic heterocycles. The first-order valence-electron chi connectivity index (χ1n) is 10.9. The molecule has 6 N–H and O–H groups in total. The molecule has 34 heavy (non-hydrogen) atoms. The number of aliphatic hydroxyl groups excluding tert-OH is 2. The van der Waals surface area contributed by atoms with Crippen LogP contribution in [0.5, 0.6) is 0 Å². The van der Waals surface area contributed by atoms with Crippen LogP contribution in [0.15, 0.2) is 23.8 Å². The zero-order valence-corrected chi connectivity index (χ0v) is 19.7. The van der Waals surface area contributed by atoms with Gasteiger partial charge in [0.1, 0.15) is 12.2 Å². The van der Waals surface area contributed by atoms with Gasteiger partial charge in [-0.1, -0.05) is 25.5 Å². The molecule has 0 aliphatic heterocycles. The van der Waals surface area contributed by atoms with Gasteiger partial charge in [0.05, 0.1) is 6.10 Å². The molecule has 0 saturated heterocycles. The van der Waals surface area contributed by atoms with Gasteiger partial charge >= 0.3 is 37.4 Å². The minimum absolute atomic E-state index is 0. The first-order chi connectivity index (χ1) is 15.0. The molecule has 0 radical (unpaired) electrons. The molecule has 9 nitrogen and oxygen atoms in total. The number of alkyl halides is 1. The summed E-state index contributed by atoms with van der Waals surface area (Å²) >= 11 is 0. The average molecular weight is 514 g/mol. The normalized spacial score (nSPS) is 45.0. The Labute approximate surface area is 219 Å². The number of carbonyl (C=O) groups excluding carboxylic acids is 2. The van der Waals surface area contributed by atoms with Crippen molar-refractivity contribution in [1.29, 1.82) is 0 Å². The van der Waals surface area contributed by atoms with E-state index in [9.17, 15) is 24.9 Å². The summed E-state index contributed by atoms with van der Waals surface area (Å²) in [7, 11) is -4.64. The molecule has 0 bridgehead atoms. The van der Waals surface area contributed by atoms with Crippen molar-refractivity contribution in [3.05, 3.63) is 23.8 Å². The summed E-state index contributed by atoms with van der Waals surface area (Å²) in [6.45, 7) is 4.48. The molecule has 3 fully saturated rings. The average Bonchev–Trinajstić information content (AvgIpc) is 2.89. The fourth-order valence-corrected chi connectivity index (χ4v) is 7.26. The van der Waals surface area contributed by atoms with Gasteiger partial charge in [-0.25, -0.2) is 8.96 Å². The van der Waals surface area contributed by atoms with Gasteiger partial charge < -0.3 is 30.0 Å². The molecule has 0 spiro atoms. The van der Waals surface area contributed by atoms with Crippen LogP contribution in [0.1, 0.15) is 46.5 Å². The van der Waals surface area contributed by atoms with Gasteiger partial charge in [0.25, 0.3) is 0 Å². The van der Waals surface area contributed by atoms with Crippen molar-refractivity contribution in [2.24, 2.45) is 28.6 Å². The second kappa shape index (κ2) is 9.56. The maximum absolute atomic E-state index is 16.9. The van der Waals surface area contributed by atoms with Gasteiger partial charge in [-0.3, -0.25) is 9.59 Å². The van der Waals surface area contributed by atoms with Crippen LogP contribution in [-0.4, -0.2) is 95.1 Å². The van der Waals surface area contributed by atoms with Gasteiger partial charge in [-0.15, -0.1) is 0 Å². The van der Waals surface area contributed by atoms with Crippen LogP contribution < -0.4 is 0 Å². The zero-order chi connectivity index (χ0) is 25.2. The SMILES string of the molecule is C[C@@H]1C[C@H]2[C@@H]3CCC4=CC(=O)C=C[C@]4(C)[C@@]3(F)[C@@H](O)C[C@]2(C)[C@@]1(O)C(=O)CO.O=P(O)(O)O.[NaH]. The number of aliphatic hydroxyl groups is 3. The topological polar surface area (TPSA) is 173 Å². The first-order valence-corrected chi connectivity index (χ1v) is 12.5. The number of phosphoric acid groups is 1. The summed E-state index contributed by atoms with van der Waals surface area (Å²) in [4.78, 5) is 45.9. The van der Waals surface area contributed by atoms with Gasteiger partial charge in [0.15, 0.2) is 17.2 Å². The molecule has 0 aromatic carbocycles. The molecule has 4 rings (SSSR count). The van der Waals surface area contributed by atoms with Crippen LogP contribution in [0.3, 0.4) is 0 Å². The summed E-state index contributed by atoms with van der Waals surface area (Å²) in [5.74, 6) is -2.12. The molecule has 8 atom stereocenters. The monoisotopic (exact) mass is 514 g/mol. The zero-order valence-electron chi connectivity index (χ0n) is 18.8. The van der Waals surface area contributed by atoms with E-state index in [1.807, 2.05) is 0 Å². The van der Waals surface area contributed by atoms with Gasteiger partial charge in [0.2, 0.25) is 0 Å². The molecule has 0 heterocycles. The van der Waals surface area contributed by atoms with Crippen LogP contribution in [0.2, 0.25) is 0 Å². The van der Waals surface area contributed by atoms with Crippen molar-refractivity contribution < 1.29 is 48.5 Å². The number of hydrogen-bond donors (Lipinski definition) is 6. The van der Waals surface area contributed by atoms with Crippen molar-refractivity contribution in [1.82, 2.24) is 0 Å². The minimum atomic E-state index is -4.64. The van der Waals surface area contributed by atoms with E-state index in [2.05, 4.69) is 0 Å². The van der Waals surface area contributed by atoms with Crippen molar-refractivity contribution in [2.45, 2.75) is 63.8 Å². The maximum atomic E-state index is 16.9. The summed E-state index contributed by atoms with van der Waals surface area (Å²) in [6, 6.07) is 0. The summed E-state index contributed by atoms with van der Waals surface area (Å²) in [6.07, 6.45) is 4.44. The predicted molar refractivity (Wildman–Crippen MR) is 121 cm³/mol. The second-order valence-electron chi connectivity index (χ2n) is 10.3. The fourth-order valence-electron chi connectivity index (χ4n) is 7.26. The van der Waals surface area contributed by atoms with Crippen LogP contribution in [0.4, 0.5) is 4.39 Å². The van der Waals surface area contributed by atoms with Gasteiger partial charge in [0, 0.05) is 16.7 Å².